The average Bonchev–Trinajstić information content (AvgIpc) is 3.01. The minimum Gasteiger partial charge on any atom is -0.343 e. The number of amides is 3. The van der Waals surface area contributed by atoms with Crippen molar-refractivity contribution >= 4 is 11.9 Å². The smallest absolute Gasteiger partial charge is 0.317 e. The zero-order valence-electron chi connectivity index (χ0n) is 12.6. The fourth-order valence-electron chi connectivity index (χ4n) is 3.16. The highest BCUT2D eigenvalue weighted by molar-refractivity contribution is 5.78. The van der Waals surface area contributed by atoms with E-state index in [0.717, 1.165) is 38.8 Å². The Balaban J connectivity index is 1.64. The first-order chi connectivity index (χ1) is 9.68. The predicted octanol–water partition coefficient (Wildman–Crippen LogP) is 1.97. The molecule has 0 aromatic rings. The Labute approximate surface area is 121 Å². The largest absolute Gasteiger partial charge is 0.343 e. The second kappa shape index (κ2) is 7.50. The predicted molar refractivity (Wildman–Crippen MR) is 78.5 cm³/mol. The fraction of sp³-hybridized carbons (Fsp3) is 0.867. The van der Waals surface area contributed by atoms with Crippen LogP contribution in [-0.4, -0.2) is 54.5 Å². The van der Waals surface area contributed by atoms with Crippen molar-refractivity contribution in [2.45, 2.75) is 57.4 Å². The first-order valence-electron chi connectivity index (χ1n) is 7.97. The number of hydrogen-bond donors (Lipinski definition) is 1. The third-order valence-corrected chi connectivity index (χ3v) is 4.52. The first-order valence-corrected chi connectivity index (χ1v) is 7.97. The van der Waals surface area contributed by atoms with Crippen LogP contribution in [0.15, 0.2) is 0 Å². The van der Waals surface area contributed by atoms with Gasteiger partial charge in [-0.25, -0.2) is 4.79 Å². The second-order valence-electron chi connectivity index (χ2n) is 5.97. The SMILES string of the molecule is CN(C(=O)NCCC(=O)N1CCCC1)C1CCCCC1. The van der Waals surface area contributed by atoms with Crippen LogP contribution in [0.3, 0.4) is 0 Å². The third-order valence-electron chi connectivity index (χ3n) is 4.52. The van der Waals surface area contributed by atoms with Gasteiger partial charge in [-0.1, -0.05) is 19.3 Å². The van der Waals surface area contributed by atoms with Crippen molar-refractivity contribution < 1.29 is 9.59 Å². The van der Waals surface area contributed by atoms with Crippen LogP contribution in [-0.2, 0) is 4.79 Å². The van der Waals surface area contributed by atoms with E-state index in [1.54, 1.807) is 0 Å². The summed E-state index contributed by atoms with van der Waals surface area (Å²) in [7, 11) is 1.87. The first kappa shape index (κ1) is 15.1. The lowest BCUT2D eigenvalue weighted by Gasteiger charge is -2.31. The molecule has 0 spiro atoms. The summed E-state index contributed by atoms with van der Waals surface area (Å²) >= 11 is 0. The maximum absolute atomic E-state index is 12.0. The summed E-state index contributed by atoms with van der Waals surface area (Å²) in [5.41, 5.74) is 0. The van der Waals surface area contributed by atoms with Gasteiger partial charge < -0.3 is 15.1 Å². The molecule has 0 atom stereocenters. The van der Waals surface area contributed by atoms with Crippen molar-refractivity contribution in [2.24, 2.45) is 0 Å². The van der Waals surface area contributed by atoms with Gasteiger partial charge in [0.2, 0.25) is 5.91 Å². The van der Waals surface area contributed by atoms with Crippen molar-refractivity contribution in [3.63, 3.8) is 0 Å². The van der Waals surface area contributed by atoms with E-state index in [0.29, 0.717) is 19.0 Å². The number of likely N-dealkylation sites (tertiary alicyclic amines) is 1. The molecule has 114 valence electrons. The molecule has 20 heavy (non-hydrogen) atoms. The molecule has 1 saturated heterocycles. The molecule has 1 heterocycles. The van der Waals surface area contributed by atoms with E-state index >= 15 is 0 Å². The molecule has 3 amide bonds. The molecule has 1 aliphatic carbocycles. The molecule has 0 aromatic carbocycles. The van der Waals surface area contributed by atoms with Gasteiger partial charge in [-0.15, -0.1) is 0 Å². The molecule has 1 N–H and O–H groups in total. The maximum Gasteiger partial charge on any atom is 0.317 e. The highest BCUT2D eigenvalue weighted by Crippen LogP contribution is 2.21. The van der Waals surface area contributed by atoms with Gasteiger partial charge in [0.05, 0.1) is 0 Å². The van der Waals surface area contributed by atoms with E-state index in [1.165, 1.54) is 19.3 Å². The quantitative estimate of drug-likeness (QED) is 0.856. The zero-order chi connectivity index (χ0) is 14.4. The van der Waals surface area contributed by atoms with E-state index in [-0.39, 0.29) is 11.9 Å². The van der Waals surface area contributed by atoms with Crippen molar-refractivity contribution in [1.29, 1.82) is 0 Å². The zero-order valence-corrected chi connectivity index (χ0v) is 12.6. The molecule has 2 aliphatic rings. The Bertz CT molecular complexity index is 334. The van der Waals surface area contributed by atoms with Crippen LogP contribution in [0.2, 0.25) is 0 Å². The number of carbonyl (C=O) groups excluding carboxylic acids is 2. The molecular formula is C15H27N3O2. The van der Waals surface area contributed by atoms with Crippen molar-refractivity contribution in [3.05, 3.63) is 0 Å². The van der Waals surface area contributed by atoms with Gasteiger partial charge in [0.1, 0.15) is 0 Å². The standard InChI is InChI=1S/C15H27N3O2/c1-17(13-7-3-2-4-8-13)15(20)16-10-9-14(19)18-11-5-6-12-18/h13H,2-12H2,1H3,(H,16,20). The summed E-state index contributed by atoms with van der Waals surface area (Å²) in [4.78, 5) is 27.6. The number of rotatable bonds is 4. The van der Waals surface area contributed by atoms with Crippen molar-refractivity contribution in [2.75, 3.05) is 26.7 Å². The van der Waals surface area contributed by atoms with E-state index < -0.39 is 0 Å². The van der Waals surface area contributed by atoms with Gasteiger partial charge in [0, 0.05) is 39.1 Å². The minimum atomic E-state index is -0.0360. The van der Waals surface area contributed by atoms with E-state index in [4.69, 9.17) is 0 Å². The molecule has 0 aromatic heterocycles. The molecule has 0 radical (unpaired) electrons. The average molecular weight is 281 g/mol. The molecular weight excluding hydrogens is 254 g/mol. The monoisotopic (exact) mass is 281 g/mol. The minimum absolute atomic E-state index is 0.0360. The van der Waals surface area contributed by atoms with Crippen LogP contribution >= 0.6 is 0 Å². The molecule has 1 aliphatic heterocycles. The molecule has 1 saturated carbocycles. The Hall–Kier alpha value is -1.26. The molecule has 5 heteroatoms. The maximum atomic E-state index is 12.0. The molecule has 0 bridgehead atoms. The summed E-state index contributed by atoms with van der Waals surface area (Å²) in [6, 6.07) is 0.337. The van der Waals surface area contributed by atoms with Gasteiger partial charge in [-0.05, 0) is 25.7 Å². The summed E-state index contributed by atoms with van der Waals surface area (Å²) < 4.78 is 0. The van der Waals surface area contributed by atoms with Gasteiger partial charge in [-0.2, -0.15) is 0 Å². The highest BCUT2D eigenvalue weighted by atomic mass is 16.2. The number of urea groups is 1. The van der Waals surface area contributed by atoms with Gasteiger partial charge >= 0.3 is 6.03 Å². The Morgan fingerprint density at radius 1 is 1.10 bits per heavy atom. The Kier molecular flexibility index (Phi) is 5.68. The van der Waals surface area contributed by atoms with Crippen LogP contribution in [0.5, 0.6) is 0 Å². The van der Waals surface area contributed by atoms with Gasteiger partial charge in [-0.3, -0.25) is 4.79 Å². The number of carbonyl (C=O) groups is 2. The van der Waals surface area contributed by atoms with Gasteiger partial charge in [0.25, 0.3) is 0 Å². The van der Waals surface area contributed by atoms with E-state index in [1.807, 2.05) is 16.8 Å². The lowest BCUT2D eigenvalue weighted by molar-refractivity contribution is -0.129. The van der Waals surface area contributed by atoms with Crippen LogP contribution in [0, 0.1) is 0 Å². The van der Waals surface area contributed by atoms with Crippen LogP contribution < -0.4 is 5.32 Å². The lowest BCUT2D eigenvalue weighted by atomic mass is 9.95. The third kappa shape index (κ3) is 4.12. The molecule has 0 unspecified atom stereocenters. The lowest BCUT2D eigenvalue weighted by Crippen LogP contribution is -2.45. The van der Waals surface area contributed by atoms with Crippen LogP contribution in [0.4, 0.5) is 4.79 Å². The van der Waals surface area contributed by atoms with Crippen molar-refractivity contribution in [3.8, 4) is 0 Å². The number of nitrogens with one attached hydrogen (secondary N) is 1. The van der Waals surface area contributed by atoms with E-state index in [2.05, 4.69) is 5.32 Å². The molecule has 2 rings (SSSR count). The second-order valence-corrected chi connectivity index (χ2v) is 5.97. The summed E-state index contributed by atoms with van der Waals surface area (Å²) in [5, 5.41) is 2.87. The normalized spacial score (nSPS) is 19.9. The summed E-state index contributed by atoms with van der Waals surface area (Å²) in [6.07, 6.45) is 8.59. The fourth-order valence-corrected chi connectivity index (χ4v) is 3.16. The Morgan fingerprint density at radius 3 is 2.40 bits per heavy atom. The number of hydrogen-bond acceptors (Lipinski definition) is 2. The van der Waals surface area contributed by atoms with Crippen LogP contribution in [0.25, 0.3) is 0 Å². The molecule has 5 nitrogen and oxygen atoms in total. The summed E-state index contributed by atoms with van der Waals surface area (Å²) in [6.45, 7) is 2.22. The van der Waals surface area contributed by atoms with Crippen LogP contribution in [0.1, 0.15) is 51.4 Å². The van der Waals surface area contributed by atoms with E-state index in [9.17, 15) is 9.59 Å². The Morgan fingerprint density at radius 2 is 1.75 bits per heavy atom. The topological polar surface area (TPSA) is 52.7 Å². The van der Waals surface area contributed by atoms with Gasteiger partial charge in [0.15, 0.2) is 0 Å². The van der Waals surface area contributed by atoms with Crippen molar-refractivity contribution in [1.82, 2.24) is 15.1 Å². The molecule has 2 fully saturated rings. The highest BCUT2D eigenvalue weighted by Gasteiger charge is 2.22. The number of nitrogens with zero attached hydrogens (tertiary/aromatic N) is 2. The summed E-state index contributed by atoms with van der Waals surface area (Å²) in [5.74, 6) is 0.170.